The molecule has 0 saturated carbocycles. The van der Waals surface area contributed by atoms with E-state index in [-0.39, 0.29) is 17.9 Å². The highest BCUT2D eigenvalue weighted by Crippen LogP contribution is 2.20. The Kier molecular flexibility index (Phi) is 6.75. The number of carbonyl (C=O) groups excluding carboxylic acids is 1. The molecule has 0 aliphatic rings. The highest BCUT2D eigenvalue weighted by Gasteiger charge is 2.25. The average Bonchev–Trinajstić information content (AvgIpc) is 3.11. The molecule has 5 heteroatoms. The number of benzene rings is 2. The molecular formula is C24H26ClFN2O. The van der Waals surface area contributed by atoms with Crippen molar-refractivity contribution in [3.8, 4) is 0 Å². The fourth-order valence-corrected chi connectivity index (χ4v) is 3.51. The maximum absolute atomic E-state index is 13.7. The molecule has 1 aromatic heterocycles. The van der Waals surface area contributed by atoms with Gasteiger partial charge in [-0.15, -0.1) is 0 Å². The summed E-state index contributed by atoms with van der Waals surface area (Å²) in [5.74, 6) is -0.303. The summed E-state index contributed by atoms with van der Waals surface area (Å²) >= 11 is 6.11. The molecule has 1 atom stereocenters. The molecule has 29 heavy (non-hydrogen) atoms. The monoisotopic (exact) mass is 412 g/mol. The van der Waals surface area contributed by atoms with Crippen LogP contribution in [0, 0.1) is 11.7 Å². The number of halogens is 2. The summed E-state index contributed by atoms with van der Waals surface area (Å²) in [6.45, 7) is 7.32. The Morgan fingerprint density at radius 1 is 1.07 bits per heavy atom. The highest BCUT2D eigenvalue weighted by atomic mass is 35.5. The zero-order valence-electron chi connectivity index (χ0n) is 17.0. The van der Waals surface area contributed by atoms with Crippen molar-refractivity contribution in [1.29, 1.82) is 0 Å². The molecule has 0 bridgehead atoms. The van der Waals surface area contributed by atoms with Crippen molar-refractivity contribution < 1.29 is 9.18 Å². The molecule has 3 nitrogen and oxygen atoms in total. The molecule has 152 valence electrons. The molecule has 1 heterocycles. The van der Waals surface area contributed by atoms with E-state index >= 15 is 0 Å². The van der Waals surface area contributed by atoms with Gasteiger partial charge in [-0.2, -0.15) is 0 Å². The second-order valence-corrected chi connectivity index (χ2v) is 8.12. The van der Waals surface area contributed by atoms with Crippen molar-refractivity contribution in [2.45, 2.75) is 39.9 Å². The van der Waals surface area contributed by atoms with Crippen molar-refractivity contribution in [1.82, 2.24) is 9.47 Å². The number of hydrogen-bond donors (Lipinski definition) is 0. The van der Waals surface area contributed by atoms with Crippen molar-refractivity contribution in [3.63, 3.8) is 0 Å². The topological polar surface area (TPSA) is 25.2 Å². The van der Waals surface area contributed by atoms with Gasteiger partial charge in [0.25, 0.3) is 5.91 Å². The summed E-state index contributed by atoms with van der Waals surface area (Å²) in [4.78, 5) is 15.0. The van der Waals surface area contributed by atoms with E-state index in [0.717, 1.165) is 11.3 Å². The molecule has 0 fully saturated rings. The van der Waals surface area contributed by atoms with Gasteiger partial charge < -0.3 is 9.47 Å². The summed E-state index contributed by atoms with van der Waals surface area (Å²) in [6.07, 6.45) is 2.00. The lowest BCUT2D eigenvalue weighted by Gasteiger charge is -2.32. The number of amides is 1. The Morgan fingerprint density at radius 2 is 1.83 bits per heavy atom. The fraction of sp³-hybridized carbons (Fsp3) is 0.292. The van der Waals surface area contributed by atoms with E-state index in [4.69, 9.17) is 11.6 Å². The molecule has 0 unspecified atom stereocenters. The first kappa shape index (κ1) is 21.1. The van der Waals surface area contributed by atoms with Crippen molar-refractivity contribution in [3.05, 3.63) is 94.5 Å². The van der Waals surface area contributed by atoms with Gasteiger partial charge in [-0.05, 0) is 60.9 Å². The van der Waals surface area contributed by atoms with Crippen LogP contribution in [-0.4, -0.2) is 21.4 Å². The molecule has 0 aliphatic heterocycles. The van der Waals surface area contributed by atoms with Gasteiger partial charge >= 0.3 is 0 Å². The van der Waals surface area contributed by atoms with Gasteiger partial charge in [-0.25, -0.2) is 4.39 Å². The Hall–Kier alpha value is -2.59. The van der Waals surface area contributed by atoms with Crippen molar-refractivity contribution in [2.24, 2.45) is 5.92 Å². The minimum Gasteiger partial charge on any atom is -0.345 e. The summed E-state index contributed by atoms with van der Waals surface area (Å²) < 4.78 is 15.8. The highest BCUT2D eigenvalue weighted by molar-refractivity contribution is 6.30. The molecule has 0 spiro atoms. The van der Waals surface area contributed by atoms with Crippen LogP contribution < -0.4 is 0 Å². The van der Waals surface area contributed by atoms with Crippen molar-refractivity contribution >= 4 is 17.5 Å². The molecule has 0 aliphatic carbocycles. The van der Waals surface area contributed by atoms with Crippen LogP contribution in [0.3, 0.4) is 0 Å². The number of aromatic nitrogens is 1. The summed E-state index contributed by atoms with van der Waals surface area (Å²) in [5, 5.41) is 0.701. The number of hydrogen-bond acceptors (Lipinski definition) is 1. The zero-order valence-corrected chi connectivity index (χ0v) is 17.7. The lowest BCUT2D eigenvalue weighted by Crippen LogP contribution is -2.41. The van der Waals surface area contributed by atoms with Crippen LogP contribution >= 0.6 is 11.6 Å². The number of carbonyl (C=O) groups is 1. The Morgan fingerprint density at radius 3 is 2.52 bits per heavy atom. The molecule has 0 saturated heterocycles. The first-order valence-electron chi connectivity index (χ1n) is 9.80. The van der Waals surface area contributed by atoms with E-state index in [1.807, 2.05) is 54.4 Å². The third-order valence-corrected chi connectivity index (χ3v) is 5.52. The standard InChI is InChI=1S/C24H26ClFN2O/c1-17(2)18(3)28(24(29)20-8-5-10-22(26)14-20)16-23-11-6-12-27(23)15-19-7-4-9-21(25)13-19/h4-14,17-18H,15-16H2,1-3H3/t18-/m1/s1. The van der Waals surface area contributed by atoms with Gasteiger partial charge in [-0.3, -0.25) is 4.79 Å². The zero-order chi connectivity index (χ0) is 21.0. The van der Waals surface area contributed by atoms with Crippen LogP contribution in [0.1, 0.15) is 42.4 Å². The predicted octanol–water partition coefficient (Wildman–Crippen LogP) is 6.02. The average molecular weight is 413 g/mol. The van der Waals surface area contributed by atoms with Crippen LogP contribution in [0.5, 0.6) is 0 Å². The number of nitrogens with zero attached hydrogens (tertiary/aromatic N) is 2. The molecular weight excluding hydrogens is 387 g/mol. The molecule has 2 aromatic carbocycles. The van der Waals surface area contributed by atoms with Crippen LogP contribution in [0.4, 0.5) is 4.39 Å². The smallest absolute Gasteiger partial charge is 0.254 e. The summed E-state index contributed by atoms with van der Waals surface area (Å²) in [7, 11) is 0. The van der Waals surface area contributed by atoms with E-state index in [1.165, 1.54) is 12.1 Å². The third kappa shape index (κ3) is 5.27. The second-order valence-electron chi connectivity index (χ2n) is 7.69. The largest absolute Gasteiger partial charge is 0.345 e. The maximum Gasteiger partial charge on any atom is 0.254 e. The van der Waals surface area contributed by atoms with Gasteiger partial charge in [-0.1, -0.05) is 43.6 Å². The quantitative estimate of drug-likeness (QED) is 0.466. The lowest BCUT2D eigenvalue weighted by molar-refractivity contribution is 0.0622. The van der Waals surface area contributed by atoms with Gasteiger partial charge in [0.05, 0.1) is 6.54 Å². The Balaban J connectivity index is 1.87. The predicted molar refractivity (Wildman–Crippen MR) is 116 cm³/mol. The second kappa shape index (κ2) is 9.27. The SMILES string of the molecule is CC(C)[C@@H](C)N(Cc1cccn1Cc1cccc(Cl)c1)C(=O)c1cccc(F)c1. The summed E-state index contributed by atoms with van der Waals surface area (Å²) in [6, 6.07) is 17.6. The number of rotatable bonds is 7. The van der Waals surface area contributed by atoms with E-state index in [2.05, 4.69) is 18.4 Å². The van der Waals surface area contributed by atoms with E-state index in [1.54, 1.807) is 12.1 Å². The molecule has 3 aromatic rings. The Labute approximate surface area is 176 Å². The maximum atomic E-state index is 13.7. The van der Waals surface area contributed by atoms with E-state index < -0.39 is 5.82 Å². The Bertz CT molecular complexity index is 982. The van der Waals surface area contributed by atoms with Crippen molar-refractivity contribution in [2.75, 3.05) is 0 Å². The molecule has 1 amide bonds. The van der Waals surface area contributed by atoms with Crippen LogP contribution in [0.2, 0.25) is 5.02 Å². The van der Waals surface area contributed by atoms with Crippen LogP contribution in [-0.2, 0) is 13.1 Å². The van der Waals surface area contributed by atoms with Crippen LogP contribution in [0.25, 0.3) is 0 Å². The minimum absolute atomic E-state index is 0.000266. The van der Waals surface area contributed by atoms with Crippen LogP contribution in [0.15, 0.2) is 66.9 Å². The van der Waals surface area contributed by atoms with Gasteiger partial charge in [0.1, 0.15) is 5.82 Å². The van der Waals surface area contributed by atoms with E-state index in [0.29, 0.717) is 23.7 Å². The van der Waals surface area contributed by atoms with Gasteiger partial charge in [0.15, 0.2) is 0 Å². The minimum atomic E-state index is -0.405. The summed E-state index contributed by atoms with van der Waals surface area (Å²) in [5.41, 5.74) is 2.47. The normalized spacial score (nSPS) is 12.2. The fourth-order valence-electron chi connectivity index (χ4n) is 3.30. The molecule has 0 N–H and O–H groups in total. The van der Waals surface area contributed by atoms with E-state index in [9.17, 15) is 9.18 Å². The lowest BCUT2D eigenvalue weighted by atomic mass is 10.0. The first-order valence-corrected chi connectivity index (χ1v) is 10.2. The molecule has 0 radical (unpaired) electrons. The van der Waals surface area contributed by atoms with Gasteiger partial charge in [0.2, 0.25) is 0 Å². The first-order chi connectivity index (χ1) is 13.8. The van der Waals surface area contributed by atoms with Gasteiger partial charge in [0, 0.05) is 35.1 Å². The molecule has 3 rings (SSSR count). The third-order valence-electron chi connectivity index (χ3n) is 5.29.